The molecule has 2 aromatic carbocycles. The predicted molar refractivity (Wildman–Crippen MR) is 117 cm³/mol. The van der Waals surface area contributed by atoms with E-state index in [9.17, 15) is 9.59 Å². The van der Waals surface area contributed by atoms with Crippen molar-refractivity contribution in [2.45, 2.75) is 25.6 Å². The number of nitrogens with one attached hydrogen (secondary N) is 1. The van der Waals surface area contributed by atoms with Gasteiger partial charge in [-0.25, -0.2) is 0 Å². The number of carbonyl (C=O) groups excluding carboxylic acids is 2. The number of aromatic nitrogens is 1. The molecule has 162 valence electrons. The lowest BCUT2D eigenvalue weighted by atomic mass is 9.79. The zero-order chi connectivity index (χ0) is 22.3. The molecule has 1 aliphatic heterocycles. The van der Waals surface area contributed by atoms with Crippen LogP contribution in [0.2, 0.25) is 0 Å². The fourth-order valence-electron chi connectivity index (χ4n) is 3.99. The average molecular weight is 488 g/mol. The minimum absolute atomic E-state index is 0.475. The van der Waals surface area contributed by atoms with Crippen molar-refractivity contribution >= 4 is 38.8 Å². The van der Waals surface area contributed by atoms with Crippen LogP contribution in [-0.2, 0) is 19.1 Å². The van der Waals surface area contributed by atoms with Gasteiger partial charge in [-0.2, -0.15) is 0 Å². The Morgan fingerprint density at radius 2 is 1.61 bits per heavy atom. The smallest absolute Gasteiger partial charge is 0.324 e. The van der Waals surface area contributed by atoms with Gasteiger partial charge in [0.1, 0.15) is 0 Å². The summed E-state index contributed by atoms with van der Waals surface area (Å²) in [5.74, 6) is -3.49. The van der Waals surface area contributed by atoms with Gasteiger partial charge in [0, 0.05) is 41.3 Å². The number of aromatic amines is 1. The highest BCUT2D eigenvalue weighted by Gasteiger charge is 2.49. The van der Waals surface area contributed by atoms with Crippen molar-refractivity contribution in [3.8, 4) is 11.5 Å². The minimum atomic E-state index is -1.32. The van der Waals surface area contributed by atoms with Crippen LogP contribution >= 0.6 is 15.9 Å². The molecule has 1 atom stereocenters. The van der Waals surface area contributed by atoms with Gasteiger partial charge < -0.3 is 23.9 Å². The first-order valence-corrected chi connectivity index (χ1v) is 10.5. The molecule has 1 saturated heterocycles. The second kappa shape index (κ2) is 7.92. The molecular formula is C23H22BrNO6. The van der Waals surface area contributed by atoms with Crippen molar-refractivity contribution in [3.05, 3.63) is 58.2 Å². The standard InChI is InChI=1S/C23H22BrNO6/c1-23(2)30-21(26)20(22(27)31-23)19(14-11-25-16-8-6-5-7-12(14)16)13-9-17(28-3)18(29-4)10-15(13)24/h5-11,19-20,25H,1-4H3/t19-/m1/s1. The fourth-order valence-corrected chi connectivity index (χ4v) is 4.56. The van der Waals surface area contributed by atoms with Gasteiger partial charge in [0.15, 0.2) is 17.4 Å². The quantitative estimate of drug-likeness (QED) is 0.420. The Bertz CT molecular complexity index is 1150. The van der Waals surface area contributed by atoms with E-state index in [1.165, 1.54) is 21.0 Å². The van der Waals surface area contributed by atoms with Crippen LogP contribution < -0.4 is 9.47 Å². The topological polar surface area (TPSA) is 86.9 Å². The van der Waals surface area contributed by atoms with Gasteiger partial charge in [0.25, 0.3) is 5.79 Å². The molecule has 0 saturated carbocycles. The molecule has 31 heavy (non-hydrogen) atoms. The highest BCUT2D eigenvalue weighted by atomic mass is 79.9. The third-order valence-corrected chi connectivity index (χ3v) is 6.01. The van der Waals surface area contributed by atoms with Crippen LogP contribution in [0, 0.1) is 5.92 Å². The van der Waals surface area contributed by atoms with Crippen LogP contribution in [0.25, 0.3) is 10.9 Å². The number of H-pyrrole nitrogens is 1. The van der Waals surface area contributed by atoms with Crippen LogP contribution in [0.5, 0.6) is 11.5 Å². The molecular weight excluding hydrogens is 466 g/mol. The second-order valence-electron chi connectivity index (χ2n) is 7.72. The van der Waals surface area contributed by atoms with Crippen molar-refractivity contribution in [1.82, 2.24) is 4.98 Å². The normalized spacial score (nSPS) is 17.2. The van der Waals surface area contributed by atoms with E-state index in [-0.39, 0.29) is 0 Å². The molecule has 0 radical (unpaired) electrons. The number of esters is 2. The molecule has 2 heterocycles. The van der Waals surface area contributed by atoms with Gasteiger partial charge in [-0.15, -0.1) is 0 Å². The first kappa shape index (κ1) is 21.2. The number of benzene rings is 2. The Labute approximate surface area is 187 Å². The lowest BCUT2D eigenvalue weighted by Gasteiger charge is -2.36. The lowest BCUT2D eigenvalue weighted by Crippen LogP contribution is -2.48. The summed E-state index contributed by atoms with van der Waals surface area (Å²) in [5.41, 5.74) is 2.32. The summed E-state index contributed by atoms with van der Waals surface area (Å²) in [6, 6.07) is 11.2. The van der Waals surface area contributed by atoms with Crippen LogP contribution in [-0.4, -0.2) is 36.9 Å². The van der Waals surface area contributed by atoms with E-state index in [0.717, 1.165) is 16.5 Å². The number of cyclic esters (lactones) is 2. The summed E-state index contributed by atoms with van der Waals surface area (Å²) in [7, 11) is 3.07. The molecule has 1 N–H and O–H groups in total. The molecule has 0 aliphatic carbocycles. The van der Waals surface area contributed by atoms with E-state index in [4.69, 9.17) is 18.9 Å². The molecule has 8 heteroatoms. The number of hydrogen-bond donors (Lipinski definition) is 1. The molecule has 0 bridgehead atoms. The van der Waals surface area contributed by atoms with Gasteiger partial charge in [-0.1, -0.05) is 34.1 Å². The van der Waals surface area contributed by atoms with Crippen LogP contribution in [0.15, 0.2) is 47.1 Å². The fraction of sp³-hybridized carbons (Fsp3) is 0.304. The average Bonchev–Trinajstić information content (AvgIpc) is 3.14. The molecule has 1 aromatic heterocycles. The Hall–Kier alpha value is -3.00. The zero-order valence-electron chi connectivity index (χ0n) is 17.5. The maximum Gasteiger partial charge on any atom is 0.324 e. The highest BCUT2D eigenvalue weighted by molar-refractivity contribution is 9.10. The van der Waals surface area contributed by atoms with Crippen LogP contribution in [0.3, 0.4) is 0 Å². The van der Waals surface area contributed by atoms with E-state index in [1.54, 1.807) is 25.4 Å². The molecule has 1 fully saturated rings. The van der Waals surface area contributed by atoms with Gasteiger partial charge in [0.05, 0.1) is 14.2 Å². The van der Waals surface area contributed by atoms with Crippen molar-refractivity contribution in [1.29, 1.82) is 0 Å². The monoisotopic (exact) mass is 487 g/mol. The summed E-state index contributed by atoms with van der Waals surface area (Å²) >= 11 is 3.58. The summed E-state index contributed by atoms with van der Waals surface area (Å²) in [6.07, 6.45) is 1.80. The highest BCUT2D eigenvalue weighted by Crippen LogP contribution is 2.46. The number of halogens is 1. The molecule has 4 rings (SSSR count). The number of methoxy groups -OCH3 is 2. The van der Waals surface area contributed by atoms with Crippen molar-refractivity contribution in [3.63, 3.8) is 0 Å². The van der Waals surface area contributed by atoms with Gasteiger partial charge >= 0.3 is 11.9 Å². The maximum absolute atomic E-state index is 13.1. The third kappa shape index (κ3) is 3.76. The first-order valence-electron chi connectivity index (χ1n) is 9.69. The van der Waals surface area contributed by atoms with E-state index >= 15 is 0 Å². The Balaban J connectivity index is 1.95. The second-order valence-corrected chi connectivity index (χ2v) is 8.57. The number of carbonyl (C=O) groups is 2. The summed E-state index contributed by atoms with van der Waals surface area (Å²) in [6.45, 7) is 3.07. The zero-order valence-corrected chi connectivity index (χ0v) is 19.1. The Kier molecular flexibility index (Phi) is 5.43. The Morgan fingerprint density at radius 3 is 2.26 bits per heavy atom. The molecule has 0 spiro atoms. The molecule has 0 amide bonds. The summed E-state index contributed by atoms with van der Waals surface area (Å²) < 4.78 is 22.4. The number of hydrogen-bond acceptors (Lipinski definition) is 6. The van der Waals surface area contributed by atoms with E-state index in [2.05, 4.69) is 20.9 Å². The molecule has 7 nitrogen and oxygen atoms in total. The van der Waals surface area contributed by atoms with Crippen molar-refractivity contribution < 1.29 is 28.5 Å². The summed E-state index contributed by atoms with van der Waals surface area (Å²) in [5, 5.41) is 0.889. The SMILES string of the molecule is COc1cc(Br)c([C@H](c2c[nH]c3ccccc23)C2C(=O)OC(C)(C)OC2=O)cc1OC. The third-order valence-electron chi connectivity index (χ3n) is 5.33. The van der Waals surface area contributed by atoms with Crippen LogP contribution in [0.4, 0.5) is 0 Å². The Morgan fingerprint density at radius 1 is 1.00 bits per heavy atom. The van der Waals surface area contributed by atoms with E-state index in [0.29, 0.717) is 21.5 Å². The first-order chi connectivity index (χ1) is 14.8. The molecule has 1 aliphatic rings. The van der Waals surface area contributed by atoms with Gasteiger partial charge in [-0.3, -0.25) is 9.59 Å². The largest absolute Gasteiger partial charge is 0.493 e. The number of fused-ring (bicyclic) bond motifs is 1. The van der Waals surface area contributed by atoms with Crippen LogP contribution in [0.1, 0.15) is 30.9 Å². The maximum atomic E-state index is 13.1. The van der Waals surface area contributed by atoms with Gasteiger partial charge in [-0.05, 0) is 29.3 Å². The van der Waals surface area contributed by atoms with Crippen molar-refractivity contribution in [2.75, 3.05) is 14.2 Å². The molecule has 3 aromatic rings. The van der Waals surface area contributed by atoms with Crippen molar-refractivity contribution in [2.24, 2.45) is 5.92 Å². The number of rotatable bonds is 5. The number of para-hydroxylation sites is 1. The van der Waals surface area contributed by atoms with Gasteiger partial charge in [0.2, 0.25) is 0 Å². The molecule has 0 unspecified atom stereocenters. The summed E-state index contributed by atoms with van der Waals surface area (Å²) in [4.78, 5) is 29.3. The predicted octanol–water partition coefficient (Wildman–Crippen LogP) is 4.53. The lowest BCUT2D eigenvalue weighted by molar-refractivity contribution is -0.240. The van der Waals surface area contributed by atoms with E-state index < -0.39 is 29.6 Å². The number of ether oxygens (including phenoxy) is 4. The van der Waals surface area contributed by atoms with E-state index in [1.807, 2.05) is 24.3 Å². The minimum Gasteiger partial charge on any atom is -0.493 e.